The maximum atomic E-state index is 11.8. The van der Waals surface area contributed by atoms with Crippen LogP contribution in [0.1, 0.15) is 28.2 Å². The third-order valence-electron chi connectivity index (χ3n) is 5.26. The van der Waals surface area contributed by atoms with E-state index in [9.17, 15) is 4.79 Å². The highest BCUT2D eigenvalue weighted by Crippen LogP contribution is 2.37. The summed E-state index contributed by atoms with van der Waals surface area (Å²) in [4.78, 5) is 13.7. The van der Waals surface area contributed by atoms with Gasteiger partial charge >= 0.3 is 0 Å². The molecule has 1 atom stereocenters. The summed E-state index contributed by atoms with van der Waals surface area (Å²) in [6, 6.07) is 17.8. The number of benzene rings is 2. The highest BCUT2D eigenvalue weighted by molar-refractivity contribution is 5.85. The van der Waals surface area contributed by atoms with Crippen molar-refractivity contribution in [1.29, 1.82) is 0 Å². The monoisotopic (exact) mass is 342 g/mol. The molecule has 2 aromatic rings. The Hall–Kier alpha value is -1.84. The van der Waals surface area contributed by atoms with Gasteiger partial charge in [-0.1, -0.05) is 48.5 Å². The van der Waals surface area contributed by atoms with Crippen LogP contribution in [0.25, 0.3) is 0 Å². The minimum absolute atomic E-state index is 0. The topological polar surface area (TPSA) is 32.3 Å². The highest BCUT2D eigenvalue weighted by Gasteiger charge is 2.34. The Kier molecular flexibility index (Phi) is 4.93. The van der Waals surface area contributed by atoms with Crippen molar-refractivity contribution in [3.63, 3.8) is 0 Å². The zero-order valence-corrected chi connectivity index (χ0v) is 14.7. The Bertz CT molecular complexity index is 698. The second-order valence-electron chi connectivity index (χ2n) is 6.64. The number of piperazine rings is 1. The Balaban J connectivity index is 0.00000169. The van der Waals surface area contributed by atoms with Crippen molar-refractivity contribution in [3.05, 3.63) is 70.8 Å². The largest absolute Gasteiger partial charge is 0.343 e. The summed E-state index contributed by atoms with van der Waals surface area (Å²) in [5, 5.41) is 3.49. The maximum absolute atomic E-state index is 11.8. The third-order valence-corrected chi connectivity index (χ3v) is 5.26. The number of carbonyl (C=O) groups is 1. The van der Waals surface area contributed by atoms with Crippen molar-refractivity contribution >= 4 is 18.3 Å². The van der Waals surface area contributed by atoms with Gasteiger partial charge in [-0.15, -0.1) is 12.4 Å². The van der Waals surface area contributed by atoms with Gasteiger partial charge in [0.2, 0.25) is 5.91 Å². The molecule has 2 aromatic carbocycles. The van der Waals surface area contributed by atoms with Crippen LogP contribution in [0.15, 0.2) is 48.5 Å². The van der Waals surface area contributed by atoms with Gasteiger partial charge in [0.05, 0.1) is 6.54 Å². The van der Waals surface area contributed by atoms with Gasteiger partial charge in [-0.05, 0) is 35.1 Å². The quantitative estimate of drug-likeness (QED) is 0.864. The van der Waals surface area contributed by atoms with Crippen LogP contribution >= 0.6 is 12.4 Å². The van der Waals surface area contributed by atoms with E-state index in [1.54, 1.807) is 0 Å². The van der Waals surface area contributed by atoms with E-state index in [1.165, 1.54) is 22.3 Å². The maximum Gasteiger partial charge on any atom is 0.236 e. The van der Waals surface area contributed by atoms with Crippen LogP contribution in [0.5, 0.6) is 0 Å². The molecule has 3 nitrogen and oxygen atoms in total. The van der Waals surface area contributed by atoms with Crippen molar-refractivity contribution in [3.8, 4) is 0 Å². The lowest BCUT2D eigenvalue weighted by atomic mass is 9.82. The normalized spacial score (nSPS) is 20.6. The average molecular weight is 343 g/mol. The molecule has 1 aliphatic carbocycles. The standard InChI is InChI=1S/C20H22N2O.ClH/c1-22-13-18(21-12-19(22)23)20-16-8-4-2-6-14(16)10-11-15-7-3-5-9-17(15)20;/h2-9,18,20-21H,10-13H2,1H3;1H/t18-;/m1./s1. The fourth-order valence-electron chi connectivity index (χ4n) is 4.04. The fourth-order valence-corrected chi connectivity index (χ4v) is 4.04. The molecule has 0 bridgehead atoms. The molecule has 0 spiro atoms. The number of hydrogen-bond acceptors (Lipinski definition) is 2. The predicted octanol–water partition coefficient (Wildman–Crippen LogP) is 2.77. The minimum Gasteiger partial charge on any atom is -0.343 e. The molecule has 1 aliphatic heterocycles. The van der Waals surface area contributed by atoms with E-state index >= 15 is 0 Å². The molecule has 1 amide bonds. The van der Waals surface area contributed by atoms with Gasteiger partial charge in [-0.3, -0.25) is 4.79 Å². The predicted molar refractivity (Wildman–Crippen MR) is 98.8 cm³/mol. The summed E-state index contributed by atoms with van der Waals surface area (Å²) in [6.07, 6.45) is 2.18. The molecule has 0 unspecified atom stereocenters. The molecule has 0 radical (unpaired) electrons. The Morgan fingerprint density at radius 2 is 1.50 bits per heavy atom. The number of likely N-dealkylation sites (N-methyl/N-ethyl adjacent to an activating group) is 1. The van der Waals surface area contributed by atoms with E-state index in [1.807, 2.05) is 11.9 Å². The fraction of sp³-hybridized carbons (Fsp3) is 0.350. The van der Waals surface area contributed by atoms with Crippen LogP contribution < -0.4 is 5.32 Å². The SMILES string of the molecule is CN1C[C@H](C2c3ccccc3CCc3ccccc32)NCC1=O.Cl. The van der Waals surface area contributed by atoms with Crippen LogP contribution in [-0.4, -0.2) is 37.0 Å². The molecule has 1 fully saturated rings. The molecular formula is C20H23ClN2O. The van der Waals surface area contributed by atoms with E-state index in [2.05, 4.69) is 53.8 Å². The van der Waals surface area contributed by atoms with Gasteiger partial charge in [0.1, 0.15) is 0 Å². The number of halogens is 1. The van der Waals surface area contributed by atoms with Crippen LogP contribution in [0.2, 0.25) is 0 Å². The number of amides is 1. The second-order valence-corrected chi connectivity index (χ2v) is 6.64. The molecule has 4 rings (SSSR count). The van der Waals surface area contributed by atoms with Gasteiger partial charge < -0.3 is 10.2 Å². The van der Waals surface area contributed by atoms with Gasteiger partial charge in [-0.25, -0.2) is 0 Å². The van der Waals surface area contributed by atoms with Crippen molar-refractivity contribution in [2.45, 2.75) is 24.8 Å². The first kappa shape index (κ1) is 17.0. The van der Waals surface area contributed by atoms with Crippen molar-refractivity contribution < 1.29 is 4.79 Å². The summed E-state index contributed by atoms with van der Waals surface area (Å²) in [7, 11) is 1.91. The van der Waals surface area contributed by atoms with E-state index in [0.717, 1.165) is 19.4 Å². The summed E-state index contributed by atoms with van der Waals surface area (Å²) in [6.45, 7) is 1.19. The first-order chi connectivity index (χ1) is 11.2. The molecule has 1 heterocycles. The average Bonchev–Trinajstić information content (AvgIpc) is 2.74. The molecule has 0 aromatic heterocycles. The third kappa shape index (κ3) is 2.94. The number of aryl methyl sites for hydroxylation is 2. The summed E-state index contributed by atoms with van der Waals surface area (Å²) < 4.78 is 0. The molecule has 0 saturated carbocycles. The number of rotatable bonds is 1. The van der Waals surface area contributed by atoms with Crippen molar-refractivity contribution in [1.82, 2.24) is 10.2 Å². The number of nitrogens with one attached hydrogen (secondary N) is 1. The van der Waals surface area contributed by atoms with Crippen molar-refractivity contribution in [2.24, 2.45) is 0 Å². The van der Waals surface area contributed by atoms with Gasteiger partial charge in [-0.2, -0.15) is 0 Å². The van der Waals surface area contributed by atoms with Gasteiger partial charge in [0, 0.05) is 25.6 Å². The van der Waals surface area contributed by atoms with E-state index in [0.29, 0.717) is 12.5 Å². The molecule has 2 aliphatic rings. The molecular weight excluding hydrogens is 320 g/mol. The molecule has 4 heteroatoms. The number of carbonyl (C=O) groups excluding carboxylic acids is 1. The molecule has 1 N–H and O–H groups in total. The lowest BCUT2D eigenvalue weighted by molar-refractivity contribution is -0.131. The zero-order valence-electron chi connectivity index (χ0n) is 13.9. The Morgan fingerprint density at radius 3 is 2.04 bits per heavy atom. The smallest absolute Gasteiger partial charge is 0.236 e. The van der Waals surface area contributed by atoms with E-state index < -0.39 is 0 Å². The van der Waals surface area contributed by atoms with Gasteiger partial charge in [0.25, 0.3) is 0 Å². The number of nitrogens with zero attached hydrogens (tertiary/aromatic N) is 1. The Labute approximate surface area is 149 Å². The number of fused-ring (bicyclic) bond motifs is 2. The number of hydrogen-bond donors (Lipinski definition) is 1. The van der Waals surface area contributed by atoms with E-state index in [-0.39, 0.29) is 24.4 Å². The first-order valence-electron chi connectivity index (χ1n) is 8.37. The summed E-state index contributed by atoms with van der Waals surface area (Å²) >= 11 is 0. The van der Waals surface area contributed by atoms with Crippen molar-refractivity contribution in [2.75, 3.05) is 20.1 Å². The molecule has 1 saturated heterocycles. The lowest BCUT2D eigenvalue weighted by Gasteiger charge is -2.37. The molecule has 126 valence electrons. The van der Waals surface area contributed by atoms with Crippen LogP contribution in [0, 0.1) is 0 Å². The van der Waals surface area contributed by atoms with Gasteiger partial charge in [0.15, 0.2) is 0 Å². The highest BCUT2D eigenvalue weighted by atomic mass is 35.5. The zero-order chi connectivity index (χ0) is 15.8. The summed E-state index contributed by atoms with van der Waals surface area (Å²) in [5.74, 6) is 0.483. The summed E-state index contributed by atoms with van der Waals surface area (Å²) in [5.41, 5.74) is 5.71. The Morgan fingerprint density at radius 1 is 0.958 bits per heavy atom. The van der Waals surface area contributed by atoms with Crippen LogP contribution in [-0.2, 0) is 17.6 Å². The lowest BCUT2D eigenvalue weighted by Crippen LogP contribution is -2.54. The minimum atomic E-state index is 0. The van der Waals surface area contributed by atoms with Crippen LogP contribution in [0.4, 0.5) is 0 Å². The second kappa shape index (κ2) is 6.96. The van der Waals surface area contributed by atoms with E-state index in [4.69, 9.17) is 0 Å². The molecule has 24 heavy (non-hydrogen) atoms. The first-order valence-corrected chi connectivity index (χ1v) is 8.37. The van der Waals surface area contributed by atoms with Crippen LogP contribution in [0.3, 0.4) is 0 Å².